The summed E-state index contributed by atoms with van der Waals surface area (Å²) in [5.74, 6) is -2.02. The summed E-state index contributed by atoms with van der Waals surface area (Å²) in [4.78, 5) is 11.8. The van der Waals surface area contributed by atoms with E-state index in [0.717, 1.165) is 25.1 Å². The number of rotatable bonds is 4. The van der Waals surface area contributed by atoms with Gasteiger partial charge in [0.05, 0.1) is 10.6 Å². The van der Waals surface area contributed by atoms with Crippen molar-refractivity contribution in [2.45, 2.75) is 43.9 Å². The van der Waals surface area contributed by atoms with Crippen LogP contribution in [0.5, 0.6) is 0 Å². The summed E-state index contributed by atoms with van der Waals surface area (Å²) in [6.07, 6.45) is -13.5. The van der Waals surface area contributed by atoms with Crippen LogP contribution in [0.4, 0.5) is 36.4 Å². The largest absolute Gasteiger partial charge is 0.416 e. The number of carbonyl (C=O) groups excluding carboxylic acids is 1. The topological polar surface area (TPSA) is 52.6 Å². The second kappa shape index (κ2) is 9.09. The lowest BCUT2D eigenvalue weighted by molar-refractivity contribution is -0.211. The monoisotopic (exact) mass is 532 g/mol. The summed E-state index contributed by atoms with van der Waals surface area (Å²) in [7, 11) is 0. The third-order valence-electron chi connectivity index (χ3n) is 5.72. The average Bonchev–Trinajstić information content (AvgIpc) is 3.06. The smallest absolute Gasteiger partial charge is 0.372 e. The quantitative estimate of drug-likeness (QED) is 0.385. The number of carbonyl (C=O) groups is 1. The number of aliphatic hydroxyl groups excluding tert-OH is 1. The molecule has 2 aromatic rings. The first-order valence-corrected chi connectivity index (χ1v) is 10.5. The number of anilines is 1. The summed E-state index contributed by atoms with van der Waals surface area (Å²) in [5.41, 5.74) is -6.11. The van der Waals surface area contributed by atoms with Gasteiger partial charge in [-0.3, -0.25) is 4.79 Å². The zero-order valence-electron chi connectivity index (χ0n) is 17.3. The van der Waals surface area contributed by atoms with Crippen LogP contribution in [0.1, 0.15) is 30.0 Å². The van der Waals surface area contributed by atoms with Crippen molar-refractivity contribution < 1.29 is 40.6 Å². The van der Waals surface area contributed by atoms with Gasteiger partial charge in [0.25, 0.3) is 0 Å². The Morgan fingerprint density at radius 3 is 2.38 bits per heavy atom. The number of benzene rings is 2. The summed E-state index contributed by atoms with van der Waals surface area (Å²) in [6, 6.07) is 4.25. The minimum atomic E-state index is -5.21. The van der Waals surface area contributed by atoms with Crippen LogP contribution in [-0.2, 0) is 22.9 Å². The van der Waals surface area contributed by atoms with Gasteiger partial charge in [0.2, 0.25) is 5.91 Å². The molecule has 2 unspecified atom stereocenters. The van der Waals surface area contributed by atoms with Gasteiger partial charge >= 0.3 is 12.4 Å². The molecule has 1 amide bonds. The number of nitrogens with zero attached hydrogens (tertiary/aromatic N) is 1. The predicted octanol–water partition coefficient (Wildman–Crippen LogP) is 5.82. The third-order valence-corrected chi connectivity index (χ3v) is 6.21. The minimum Gasteiger partial charge on any atom is -0.372 e. The van der Waals surface area contributed by atoms with E-state index in [4.69, 9.17) is 23.2 Å². The van der Waals surface area contributed by atoms with Crippen LogP contribution < -0.4 is 10.2 Å². The number of alkyl halides is 6. The molecule has 0 spiro atoms. The molecule has 1 fully saturated rings. The molecule has 1 aliphatic heterocycles. The van der Waals surface area contributed by atoms with Crippen LogP contribution in [0.15, 0.2) is 30.3 Å². The predicted molar refractivity (Wildman–Crippen MR) is 111 cm³/mol. The average molecular weight is 533 g/mol. The first kappa shape index (κ1) is 26.4. The fourth-order valence-electron chi connectivity index (χ4n) is 4.06. The molecule has 2 atom stereocenters. The molecule has 1 heterocycles. The maximum absolute atomic E-state index is 14.7. The Bertz CT molecular complexity index is 1110. The Kier molecular flexibility index (Phi) is 7.05. The first-order valence-electron chi connectivity index (χ1n) is 9.70. The SMILES string of the molecule is CC(=O)NCc1ccc(N2CCC(c3cc(Cl)cc(Cl)c3F)(C(F)(F)F)C2O)cc1C(F)(F)F. The summed E-state index contributed by atoms with van der Waals surface area (Å²) in [6.45, 7) is 0.0957. The van der Waals surface area contributed by atoms with Gasteiger partial charge in [-0.05, 0) is 36.2 Å². The van der Waals surface area contributed by atoms with Gasteiger partial charge in [-0.2, -0.15) is 26.3 Å². The van der Waals surface area contributed by atoms with E-state index in [2.05, 4.69) is 5.32 Å². The Balaban J connectivity index is 2.11. The molecule has 3 rings (SSSR count). The zero-order chi connectivity index (χ0) is 25.6. The Labute approximate surface area is 199 Å². The molecule has 13 heteroatoms. The molecule has 1 saturated heterocycles. The van der Waals surface area contributed by atoms with E-state index in [9.17, 15) is 40.6 Å². The van der Waals surface area contributed by atoms with Crippen molar-refractivity contribution in [2.75, 3.05) is 11.4 Å². The first-order chi connectivity index (χ1) is 15.6. The molecular formula is C21H17Cl2F7N2O2. The fourth-order valence-corrected chi connectivity index (χ4v) is 4.55. The lowest BCUT2D eigenvalue weighted by Gasteiger charge is -2.37. The van der Waals surface area contributed by atoms with Crippen molar-refractivity contribution in [1.29, 1.82) is 0 Å². The van der Waals surface area contributed by atoms with E-state index in [1.54, 1.807) is 0 Å². The molecule has 0 aliphatic carbocycles. The molecule has 34 heavy (non-hydrogen) atoms. The molecule has 1 aliphatic rings. The molecule has 0 aromatic heterocycles. The molecular weight excluding hydrogens is 516 g/mol. The molecule has 2 N–H and O–H groups in total. The number of hydrogen-bond donors (Lipinski definition) is 2. The van der Waals surface area contributed by atoms with E-state index >= 15 is 0 Å². The summed E-state index contributed by atoms with van der Waals surface area (Å²) in [5, 5.41) is 12.0. The summed E-state index contributed by atoms with van der Waals surface area (Å²) < 4.78 is 98.6. The molecule has 186 valence electrons. The maximum Gasteiger partial charge on any atom is 0.416 e. The van der Waals surface area contributed by atoms with E-state index in [-0.39, 0.29) is 16.3 Å². The van der Waals surface area contributed by atoms with Gasteiger partial charge in [-0.15, -0.1) is 0 Å². The minimum absolute atomic E-state index is 0.308. The van der Waals surface area contributed by atoms with Crippen LogP contribution in [0, 0.1) is 5.82 Å². The lowest BCUT2D eigenvalue weighted by atomic mass is 9.77. The summed E-state index contributed by atoms with van der Waals surface area (Å²) >= 11 is 11.5. The number of aliphatic hydroxyl groups is 1. The molecule has 0 radical (unpaired) electrons. The van der Waals surface area contributed by atoms with Crippen molar-refractivity contribution in [2.24, 2.45) is 0 Å². The number of halogens is 9. The van der Waals surface area contributed by atoms with Gasteiger partial charge in [0, 0.05) is 36.3 Å². The highest BCUT2D eigenvalue weighted by Crippen LogP contribution is 2.53. The van der Waals surface area contributed by atoms with Crippen molar-refractivity contribution in [1.82, 2.24) is 5.32 Å². The maximum atomic E-state index is 14.7. The standard InChI is InChI=1S/C21H17Cl2F7N2O2/c1-10(33)31-9-11-2-3-13(8-14(11)20(25,26)27)32-5-4-19(18(32)34,21(28,29)30)15-6-12(22)7-16(23)17(15)24/h2-3,6-8,18,34H,4-5,9H2,1H3,(H,31,33). The Morgan fingerprint density at radius 1 is 1.18 bits per heavy atom. The van der Waals surface area contributed by atoms with Crippen molar-refractivity contribution in [3.63, 3.8) is 0 Å². The van der Waals surface area contributed by atoms with Crippen molar-refractivity contribution in [3.05, 3.63) is 62.9 Å². The molecule has 0 saturated carbocycles. The van der Waals surface area contributed by atoms with Gasteiger partial charge in [-0.1, -0.05) is 29.3 Å². The van der Waals surface area contributed by atoms with Gasteiger partial charge in [-0.25, -0.2) is 4.39 Å². The molecule has 4 nitrogen and oxygen atoms in total. The highest BCUT2D eigenvalue weighted by atomic mass is 35.5. The lowest BCUT2D eigenvalue weighted by Crippen LogP contribution is -2.53. The Morgan fingerprint density at radius 2 is 1.82 bits per heavy atom. The number of nitrogens with one attached hydrogen (secondary N) is 1. The van der Waals surface area contributed by atoms with Crippen LogP contribution >= 0.6 is 23.2 Å². The normalized spacial score (nSPS) is 21.1. The highest BCUT2D eigenvalue weighted by molar-refractivity contribution is 6.34. The van der Waals surface area contributed by atoms with Gasteiger partial charge < -0.3 is 15.3 Å². The third kappa shape index (κ3) is 4.65. The zero-order valence-corrected chi connectivity index (χ0v) is 18.8. The van der Waals surface area contributed by atoms with E-state index in [1.165, 1.54) is 0 Å². The van der Waals surface area contributed by atoms with E-state index in [0.29, 0.717) is 17.0 Å². The van der Waals surface area contributed by atoms with Gasteiger partial charge in [0.15, 0.2) is 0 Å². The van der Waals surface area contributed by atoms with Crippen molar-refractivity contribution in [3.8, 4) is 0 Å². The molecule has 2 aromatic carbocycles. The van der Waals surface area contributed by atoms with Crippen LogP contribution in [-0.4, -0.2) is 30.0 Å². The Hall–Kier alpha value is -2.24. The second-order valence-corrected chi connectivity index (χ2v) is 8.63. The van der Waals surface area contributed by atoms with Crippen molar-refractivity contribution >= 4 is 34.8 Å². The molecule has 0 bridgehead atoms. The number of amides is 1. The van der Waals surface area contributed by atoms with Gasteiger partial charge in [0.1, 0.15) is 17.5 Å². The van der Waals surface area contributed by atoms with Crippen LogP contribution in [0.25, 0.3) is 0 Å². The van der Waals surface area contributed by atoms with Crippen LogP contribution in [0.2, 0.25) is 10.0 Å². The van der Waals surface area contributed by atoms with Crippen LogP contribution in [0.3, 0.4) is 0 Å². The highest BCUT2D eigenvalue weighted by Gasteiger charge is 2.66. The fraction of sp³-hybridized carbons (Fsp3) is 0.381. The number of hydrogen-bond acceptors (Lipinski definition) is 3. The van der Waals surface area contributed by atoms with E-state index in [1.807, 2.05) is 0 Å². The second-order valence-electron chi connectivity index (χ2n) is 7.78. The van der Waals surface area contributed by atoms with E-state index < -0.39 is 71.4 Å².